The fraction of sp³-hybridized carbons (Fsp3) is 0.985. The van der Waals surface area contributed by atoms with Crippen LogP contribution in [0.4, 0.5) is 0 Å². The normalized spacial score (nSPS) is 13.7. The Balaban J connectivity index is 3.76. The lowest BCUT2D eigenvalue weighted by Crippen LogP contribution is -2.46. The molecular weight excluding hydrogens is 936 g/mol. The van der Waals surface area contributed by atoms with Crippen LogP contribution in [0, 0.1) is 0 Å². The fourth-order valence-electron chi connectivity index (χ4n) is 10.6. The van der Waals surface area contributed by atoms with Crippen molar-refractivity contribution < 1.29 is 32.9 Å². The van der Waals surface area contributed by atoms with Gasteiger partial charge in [0, 0.05) is 6.42 Å². The third-order valence-corrected chi connectivity index (χ3v) is 16.8. The van der Waals surface area contributed by atoms with Crippen LogP contribution in [0.3, 0.4) is 0 Å². The molecule has 0 aliphatic carbocycles. The molecular formula is C65H133N2O6P. The minimum Gasteiger partial charge on any atom is -0.756 e. The van der Waals surface area contributed by atoms with Crippen LogP contribution in [0.2, 0.25) is 0 Å². The van der Waals surface area contributed by atoms with Gasteiger partial charge >= 0.3 is 0 Å². The Morgan fingerprint density at radius 1 is 0.419 bits per heavy atom. The maximum Gasteiger partial charge on any atom is 0.268 e. The van der Waals surface area contributed by atoms with Crippen molar-refractivity contribution in [1.29, 1.82) is 0 Å². The van der Waals surface area contributed by atoms with Crippen LogP contribution in [0.25, 0.3) is 0 Å². The summed E-state index contributed by atoms with van der Waals surface area (Å²) in [5.74, 6) is -0.157. The Hall–Kier alpha value is -0.500. The van der Waals surface area contributed by atoms with E-state index >= 15 is 0 Å². The van der Waals surface area contributed by atoms with E-state index in [0.717, 1.165) is 38.5 Å². The van der Waals surface area contributed by atoms with Crippen LogP contribution in [0.5, 0.6) is 0 Å². The maximum absolute atomic E-state index is 13.0. The minimum absolute atomic E-state index is 0.0164. The highest BCUT2D eigenvalue weighted by molar-refractivity contribution is 7.45. The van der Waals surface area contributed by atoms with E-state index < -0.39 is 20.0 Å². The molecule has 0 bridgehead atoms. The van der Waals surface area contributed by atoms with Gasteiger partial charge in [-0.1, -0.05) is 341 Å². The van der Waals surface area contributed by atoms with Crippen molar-refractivity contribution in [1.82, 2.24) is 5.32 Å². The Bertz CT molecular complexity index is 1170. The highest BCUT2D eigenvalue weighted by atomic mass is 31.2. The van der Waals surface area contributed by atoms with E-state index in [4.69, 9.17) is 9.05 Å². The second-order valence-corrected chi connectivity index (χ2v) is 26.0. The molecule has 74 heavy (non-hydrogen) atoms. The summed E-state index contributed by atoms with van der Waals surface area (Å²) in [6.07, 6.45) is 70.6. The standard InChI is InChI=1S/C65H133N2O6P/c1-6-8-10-12-14-16-18-20-21-22-23-24-25-26-27-28-29-30-31-32-33-34-35-36-37-38-39-40-41-42-43-44-45-46-47-49-51-53-55-57-59-65(69)66-63(62-73-74(70,71)72-61-60-67(3,4)5)64(68)58-56-54-52-50-48-19-17-15-13-11-9-7-2/h63-64,68H,6-62H2,1-5H3,(H-,66,69,70,71). The molecule has 0 aliphatic rings. The first-order valence-electron chi connectivity index (χ1n) is 33.4. The molecule has 0 radical (unpaired) electrons. The number of quaternary nitrogens is 1. The predicted octanol–water partition coefficient (Wildman–Crippen LogP) is 20.1. The zero-order valence-corrected chi connectivity index (χ0v) is 51.7. The molecule has 0 aromatic heterocycles. The zero-order chi connectivity index (χ0) is 54.2. The first-order valence-corrected chi connectivity index (χ1v) is 34.8. The van der Waals surface area contributed by atoms with Gasteiger partial charge in [-0.05, 0) is 12.8 Å². The fourth-order valence-corrected chi connectivity index (χ4v) is 11.4. The lowest BCUT2D eigenvalue weighted by Gasteiger charge is -2.30. The summed E-state index contributed by atoms with van der Waals surface area (Å²) in [5, 5.41) is 14.0. The number of hydrogen-bond donors (Lipinski definition) is 2. The van der Waals surface area contributed by atoms with Crippen molar-refractivity contribution in [2.75, 3.05) is 40.9 Å². The summed E-state index contributed by atoms with van der Waals surface area (Å²) in [4.78, 5) is 25.5. The molecule has 0 rings (SSSR count). The van der Waals surface area contributed by atoms with Gasteiger partial charge in [0.2, 0.25) is 5.91 Å². The van der Waals surface area contributed by atoms with Gasteiger partial charge in [0.1, 0.15) is 13.2 Å². The first kappa shape index (κ1) is 73.5. The van der Waals surface area contributed by atoms with Crippen LogP contribution in [0.1, 0.15) is 361 Å². The third kappa shape index (κ3) is 59.2. The quantitative estimate of drug-likeness (QED) is 0.0357. The Morgan fingerprint density at radius 2 is 0.662 bits per heavy atom. The molecule has 0 saturated carbocycles. The molecule has 0 heterocycles. The largest absolute Gasteiger partial charge is 0.756 e. The molecule has 1 amide bonds. The van der Waals surface area contributed by atoms with Crippen LogP contribution < -0.4 is 10.2 Å². The van der Waals surface area contributed by atoms with Crippen LogP contribution in [-0.2, 0) is 18.4 Å². The van der Waals surface area contributed by atoms with Crippen LogP contribution in [0.15, 0.2) is 0 Å². The number of aliphatic hydroxyl groups is 1. The van der Waals surface area contributed by atoms with E-state index in [0.29, 0.717) is 23.9 Å². The minimum atomic E-state index is -4.56. The molecule has 3 atom stereocenters. The molecule has 0 aromatic rings. The highest BCUT2D eigenvalue weighted by Gasteiger charge is 2.24. The maximum atomic E-state index is 13.0. The average Bonchev–Trinajstić information content (AvgIpc) is 3.36. The van der Waals surface area contributed by atoms with Gasteiger partial charge in [0.05, 0.1) is 39.9 Å². The summed E-state index contributed by atoms with van der Waals surface area (Å²) in [6, 6.07) is -0.794. The van der Waals surface area contributed by atoms with Crippen molar-refractivity contribution in [3.63, 3.8) is 0 Å². The van der Waals surface area contributed by atoms with Gasteiger partial charge < -0.3 is 28.8 Å². The van der Waals surface area contributed by atoms with Crippen molar-refractivity contribution in [3.05, 3.63) is 0 Å². The Labute approximate surface area is 463 Å². The molecule has 0 aromatic carbocycles. The van der Waals surface area contributed by atoms with Gasteiger partial charge in [-0.25, -0.2) is 0 Å². The Kier molecular flexibility index (Phi) is 56.8. The topological polar surface area (TPSA) is 108 Å². The summed E-state index contributed by atoms with van der Waals surface area (Å²) in [5.41, 5.74) is 0. The number of amides is 1. The highest BCUT2D eigenvalue weighted by Crippen LogP contribution is 2.38. The molecule has 0 saturated heterocycles. The first-order chi connectivity index (χ1) is 36.0. The summed E-state index contributed by atoms with van der Waals surface area (Å²) >= 11 is 0. The summed E-state index contributed by atoms with van der Waals surface area (Å²) in [6.45, 7) is 4.77. The molecule has 8 nitrogen and oxygen atoms in total. The number of carbonyl (C=O) groups excluding carboxylic acids is 1. The third-order valence-electron chi connectivity index (χ3n) is 15.8. The zero-order valence-electron chi connectivity index (χ0n) is 50.8. The average molecular weight is 1070 g/mol. The number of carbonyl (C=O) groups is 1. The number of nitrogens with one attached hydrogen (secondary N) is 1. The number of phosphoric ester groups is 1. The monoisotopic (exact) mass is 1070 g/mol. The molecule has 0 aliphatic heterocycles. The van der Waals surface area contributed by atoms with Gasteiger partial charge in [-0.3, -0.25) is 9.36 Å². The number of aliphatic hydroxyl groups excluding tert-OH is 1. The van der Waals surface area contributed by atoms with Crippen LogP contribution in [-0.4, -0.2) is 68.5 Å². The van der Waals surface area contributed by atoms with E-state index in [1.165, 1.54) is 295 Å². The van der Waals surface area contributed by atoms with Gasteiger partial charge in [0.15, 0.2) is 0 Å². The van der Waals surface area contributed by atoms with Gasteiger partial charge in [0.25, 0.3) is 7.82 Å². The van der Waals surface area contributed by atoms with E-state index in [9.17, 15) is 19.4 Å². The summed E-state index contributed by atoms with van der Waals surface area (Å²) < 4.78 is 23.4. The lowest BCUT2D eigenvalue weighted by molar-refractivity contribution is -0.870. The molecule has 0 fully saturated rings. The van der Waals surface area contributed by atoms with Crippen LogP contribution >= 0.6 is 7.82 Å². The van der Waals surface area contributed by atoms with Gasteiger partial charge in [-0.15, -0.1) is 0 Å². The van der Waals surface area contributed by atoms with Crippen molar-refractivity contribution >= 4 is 13.7 Å². The second kappa shape index (κ2) is 57.2. The molecule has 444 valence electrons. The molecule has 3 unspecified atom stereocenters. The molecule has 2 N–H and O–H groups in total. The van der Waals surface area contributed by atoms with Crippen molar-refractivity contribution in [2.24, 2.45) is 0 Å². The van der Waals surface area contributed by atoms with Gasteiger partial charge in [-0.2, -0.15) is 0 Å². The number of likely N-dealkylation sites (N-methyl/N-ethyl adjacent to an activating group) is 1. The second-order valence-electron chi connectivity index (χ2n) is 24.5. The lowest BCUT2D eigenvalue weighted by atomic mass is 10.0. The van der Waals surface area contributed by atoms with E-state index in [-0.39, 0.29) is 19.1 Å². The summed E-state index contributed by atoms with van der Waals surface area (Å²) in [7, 11) is 1.32. The SMILES string of the molecule is CCCCCCCCCCCCCCCCCCCCCCCCCCCCCCCCCCCCCCCCCCC(=O)NC(COP(=O)([O-])OCC[N+](C)(C)C)C(O)CCCCCCCCCCCCCC. The van der Waals surface area contributed by atoms with Crippen molar-refractivity contribution in [2.45, 2.75) is 373 Å². The number of hydrogen-bond acceptors (Lipinski definition) is 6. The number of nitrogens with zero attached hydrogens (tertiary/aromatic N) is 1. The molecule has 0 spiro atoms. The smallest absolute Gasteiger partial charge is 0.268 e. The number of rotatable bonds is 63. The van der Waals surface area contributed by atoms with E-state index in [1.807, 2.05) is 21.1 Å². The Morgan fingerprint density at radius 3 is 0.919 bits per heavy atom. The number of unbranched alkanes of at least 4 members (excludes halogenated alkanes) is 50. The van der Waals surface area contributed by atoms with Crippen molar-refractivity contribution in [3.8, 4) is 0 Å². The van der Waals surface area contributed by atoms with E-state index in [2.05, 4.69) is 19.2 Å². The predicted molar refractivity (Wildman–Crippen MR) is 321 cm³/mol. The number of phosphoric acid groups is 1. The molecule has 9 heteroatoms. The van der Waals surface area contributed by atoms with E-state index in [1.54, 1.807) is 0 Å².